The van der Waals surface area contributed by atoms with Crippen LogP contribution in [-0.2, 0) is 6.42 Å². The highest BCUT2D eigenvalue weighted by Gasteiger charge is 2.23. The zero-order chi connectivity index (χ0) is 17.8. The first-order chi connectivity index (χ1) is 12.1. The minimum atomic E-state index is 0.0464. The summed E-state index contributed by atoms with van der Waals surface area (Å²) in [5.74, 6) is 0.994. The first kappa shape index (κ1) is 17.4. The van der Waals surface area contributed by atoms with E-state index in [1.807, 2.05) is 54.6 Å². The number of fused-ring (bicyclic) bond motifs is 1. The third-order valence-corrected chi connectivity index (χ3v) is 4.79. The SMILES string of the molecule is CCN(CC)C(C)Oc1ccc(/C=C2/Cc3ccccc3C2=O)cc1. The summed E-state index contributed by atoms with van der Waals surface area (Å²) in [6.45, 7) is 8.26. The van der Waals surface area contributed by atoms with Crippen LogP contribution in [0.3, 0.4) is 0 Å². The molecule has 3 nitrogen and oxygen atoms in total. The molecule has 3 rings (SSSR count). The Hall–Kier alpha value is -2.39. The average molecular weight is 335 g/mol. The number of carbonyl (C=O) groups excluding carboxylic acids is 1. The van der Waals surface area contributed by atoms with Crippen molar-refractivity contribution < 1.29 is 9.53 Å². The lowest BCUT2D eigenvalue weighted by atomic mass is 10.1. The molecule has 3 heteroatoms. The van der Waals surface area contributed by atoms with E-state index in [0.29, 0.717) is 6.42 Å². The summed E-state index contributed by atoms with van der Waals surface area (Å²) in [5.41, 5.74) is 3.83. The lowest BCUT2D eigenvalue weighted by Gasteiger charge is -2.26. The highest BCUT2D eigenvalue weighted by Crippen LogP contribution is 2.28. The number of Topliss-reactive ketones (excluding diaryl/α,β-unsaturated/α-hetero) is 1. The number of rotatable bonds is 6. The molecular formula is C22H25NO2. The fourth-order valence-corrected chi connectivity index (χ4v) is 3.32. The minimum Gasteiger partial charge on any atom is -0.475 e. The molecule has 0 heterocycles. The van der Waals surface area contributed by atoms with Gasteiger partial charge in [0.2, 0.25) is 0 Å². The Morgan fingerprint density at radius 1 is 1.08 bits per heavy atom. The smallest absolute Gasteiger partial charge is 0.189 e. The Kier molecular flexibility index (Phi) is 5.34. The quantitative estimate of drug-likeness (QED) is 0.572. The number of ketones is 1. The van der Waals surface area contributed by atoms with Gasteiger partial charge in [0.25, 0.3) is 0 Å². The van der Waals surface area contributed by atoms with Gasteiger partial charge in [0.1, 0.15) is 12.0 Å². The number of benzene rings is 2. The summed E-state index contributed by atoms with van der Waals surface area (Å²) >= 11 is 0. The predicted molar refractivity (Wildman–Crippen MR) is 102 cm³/mol. The van der Waals surface area contributed by atoms with Gasteiger partial charge in [0.15, 0.2) is 5.78 Å². The molecule has 2 aromatic carbocycles. The van der Waals surface area contributed by atoms with E-state index in [1.54, 1.807) is 0 Å². The topological polar surface area (TPSA) is 29.5 Å². The molecule has 1 unspecified atom stereocenters. The van der Waals surface area contributed by atoms with Gasteiger partial charge < -0.3 is 4.74 Å². The first-order valence-electron chi connectivity index (χ1n) is 8.96. The molecule has 130 valence electrons. The zero-order valence-corrected chi connectivity index (χ0v) is 15.2. The molecule has 0 saturated carbocycles. The second kappa shape index (κ2) is 7.66. The molecule has 1 aliphatic rings. The number of ether oxygens (including phenoxy) is 1. The molecule has 0 radical (unpaired) electrons. The molecular weight excluding hydrogens is 310 g/mol. The van der Waals surface area contributed by atoms with Gasteiger partial charge in [-0.1, -0.05) is 50.2 Å². The maximum atomic E-state index is 12.5. The van der Waals surface area contributed by atoms with E-state index in [4.69, 9.17) is 4.74 Å². The van der Waals surface area contributed by atoms with Gasteiger partial charge in [-0.05, 0) is 49.3 Å². The number of nitrogens with zero attached hydrogens (tertiary/aromatic N) is 1. The van der Waals surface area contributed by atoms with Crippen molar-refractivity contribution in [2.75, 3.05) is 13.1 Å². The van der Waals surface area contributed by atoms with E-state index in [1.165, 1.54) is 0 Å². The largest absolute Gasteiger partial charge is 0.475 e. The summed E-state index contributed by atoms with van der Waals surface area (Å²) in [6, 6.07) is 15.8. The predicted octanol–water partition coefficient (Wildman–Crippen LogP) is 4.58. The normalized spacial score (nSPS) is 16.3. The van der Waals surface area contributed by atoms with Gasteiger partial charge in [-0.3, -0.25) is 9.69 Å². The van der Waals surface area contributed by atoms with Crippen molar-refractivity contribution >= 4 is 11.9 Å². The van der Waals surface area contributed by atoms with Gasteiger partial charge in [-0.2, -0.15) is 0 Å². The maximum absolute atomic E-state index is 12.5. The number of hydrogen-bond donors (Lipinski definition) is 0. The Morgan fingerprint density at radius 3 is 2.40 bits per heavy atom. The van der Waals surface area contributed by atoms with Crippen molar-refractivity contribution in [3.63, 3.8) is 0 Å². The van der Waals surface area contributed by atoms with E-state index in [9.17, 15) is 4.79 Å². The lowest BCUT2D eigenvalue weighted by Crippen LogP contribution is -2.36. The molecule has 1 atom stereocenters. The molecule has 1 aliphatic carbocycles. The van der Waals surface area contributed by atoms with Gasteiger partial charge >= 0.3 is 0 Å². The molecule has 25 heavy (non-hydrogen) atoms. The van der Waals surface area contributed by atoms with Gasteiger partial charge in [0.05, 0.1) is 0 Å². The van der Waals surface area contributed by atoms with Crippen molar-refractivity contribution in [1.29, 1.82) is 0 Å². The minimum absolute atomic E-state index is 0.0464. The fraction of sp³-hybridized carbons (Fsp3) is 0.318. The molecule has 0 saturated heterocycles. The third-order valence-electron chi connectivity index (χ3n) is 4.79. The fourth-order valence-electron chi connectivity index (χ4n) is 3.32. The third kappa shape index (κ3) is 3.83. The zero-order valence-electron chi connectivity index (χ0n) is 15.2. The second-order valence-electron chi connectivity index (χ2n) is 6.34. The summed E-state index contributed by atoms with van der Waals surface area (Å²) in [6.07, 6.45) is 2.75. The van der Waals surface area contributed by atoms with E-state index in [0.717, 1.165) is 41.1 Å². The molecule has 0 bridgehead atoms. The van der Waals surface area contributed by atoms with E-state index in [2.05, 4.69) is 25.7 Å². The number of carbonyl (C=O) groups is 1. The van der Waals surface area contributed by atoms with Crippen LogP contribution in [0.2, 0.25) is 0 Å². The molecule has 2 aromatic rings. The molecule has 0 aromatic heterocycles. The standard InChI is InChI=1S/C22H25NO2/c1-4-23(5-2)16(3)25-20-12-10-17(11-13-20)14-19-15-18-8-6-7-9-21(18)22(19)24/h6-14,16H,4-5,15H2,1-3H3/b19-14-. The van der Waals surface area contributed by atoms with Gasteiger partial charge in [-0.25, -0.2) is 0 Å². The van der Waals surface area contributed by atoms with Gasteiger partial charge in [-0.15, -0.1) is 0 Å². The van der Waals surface area contributed by atoms with Crippen LogP contribution in [-0.4, -0.2) is 30.0 Å². The molecule has 0 fully saturated rings. The Bertz CT molecular complexity index is 773. The van der Waals surface area contributed by atoms with E-state index in [-0.39, 0.29) is 12.0 Å². The van der Waals surface area contributed by atoms with Crippen LogP contribution in [0.4, 0.5) is 0 Å². The Balaban J connectivity index is 1.71. The van der Waals surface area contributed by atoms with Gasteiger partial charge in [0, 0.05) is 17.6 Å². The van der Waals surface area contributed by atoms with Crippen molar-refractivity contribution in [3.05, 3.63) is 70.8 Å². The second-order valence-corrected chi connectivity index (χ2v) is 6.34. The number of allylic oxidation sites excluding steroid dienone is 1. The van der Waals surface area contributed by atoms with Crippen LogP contribution in [0.25, 0.3) is 6.08 Å². The van der Waals surface area contributed by atoms with Crippen LogP contribution in [0.1, 0.15) is 42.3 Å². The maximum Gasteiger partial charge on any atom is 0.189 e. The summed E-state index contributed by atoms with van der Waals surface area (Å²) < 4.78 is 5.99. The molecule has 0 N–H and O–H groups in total. The number of hydrogen-bond acceptors (Lipinski definition) is 3. The average Bonchev–Trinajstić information content (AvgIpc) is 2.94. The monoisotopic (exact) mass is 335 g/mol. The summed E-state index contributed by atoms with van der Waals surface area (Å²) in [4.78, 5) is 14.7. The van der Waals surface area contributed by atoms with E-state index >= 15 is 0 Å². The summed E-state index contributed by atoms with van der Waals surface area (Å²) in [7, 11) is 0. The first-order valence-corrected chi connectivity index (χ1v) is 8.96. The van der Waals surface area contributed by atoms with Crippen LogP contribution in [0.15, 0.2) is 54.1 Å². The highest BCUT2D eigenvalue weighted by atomic mass is 16.5. The Morgan fingerprint density at radius 2 is 1.76 bits per heavy atom. The van der Waals surface area contributed by atoms with Crippen LogP contribution in [0, 0.1) is 0 Å². The van der Waals surface area contributed by atoms with Crippen LogP contribution < -0.4 is 4.74 Å². The van der Waals surface area contributed by atoms with Crippen LogP contribution >= 0.6 is 0 Å². The van der Waals surface area contributed by atoms with E-state index < -0.39 is 0 Å². The van der Waals surface area contributed by atoms with Crippen molar-refractivity contribution in [2.45, 2.75) is 33.4 Å². The molecule has 0 amide bonds. The summed E-state index contributed by atoms with van der Waals surface area (Å²) in [5, 5.41) is 0. The van der Waals surface area contributed by atoms with Crippen molar-refractivity contribution in [1.82, 2.24) is 4.90 Å². The van der Waals surface area contributed by atoms with Crippen molar-refractivity contribution in [3.8, 4) is 5.75 Å². The van der Waals surface area contributed by atoms with Crippen molar-refractivity contribution in [2.24, 2.45) is 0 Å². The Labute approximate surface area is 149 Å². The van der Waals surface area contributed by atoms with Crippen LogP contribution in [0.5, 0.6) is 5.75 Å². The molecule has 0 aliphatic heterocycles. The highest BCUT2D eigenvalue weighted by molar-refractivity contribution is 6.15. The molecule has 0 spiro atoms. The lowest BCUT2D eigenvalue weighted by molar-refractivity contribution is 0.0481.